The van der Waals surface area contributed by atoms with Gasteiger partial charge >= 0.3 is 0 Å². The van der Waals surface area contributed by atoms with Crippen molar-refractivity contribution in [3.8, 4) is 0 Å². The summed E-state index contributed by atoms with van der Waals surface area (Å²) >= 11 is 0. The van der Waals surface area contributed by atoms with Crippen LogP contribution in [0, 0.1) is 18.8 Å². The molecule has 74 valence electrons. The van der Waals surface area contributed by atoms with Crippen LogP contribution in [0.4, 0.5) is 0 Å². The van der Waals surface area contributed by atoms with Crippen LogP contribution in [0.5, 0.6) is 0 Å². The lowest BCUT2D eigenvalue weighted by Crippen LogP contribution is -2.27. The maximum absolute atomic E-state index is 2.44. The zero-order chi connectivity index (χ0) is 10.1. The van der Waals surface area contributed by atoms with Gasteiger partial charge < -0.3 is 0 Å². The number of hydrogen-bond donors (Lipinski definition) is 0. The van der Waals surface area contributed by atoms with E-state index in [0.29, 0.717) is 0 Å². The smallest absolute Gasteiger partial charge is 0.0155 e. The molecule has 0 nitrogen and oxygen atoms in total. The highest BCUT2D eigenvalue weighted by atomic mass is 14.4. The van der Waals surface area contributed by atoms with Crippen LogP contribution in [-0.2, 0) is 0 Å². The molecule has 3 rings (SSSR count). The Kier molecular flexibility index (Phi) is 2.45. The molecule has 2 unspecified atom stereocenters. The number of benzene rings is 1. The quantitative estimate of drug-likeness (QED) is 0.583. The number of rotatable bonds is 0. The van der Waals surface area contributed by atoms with Gasteiger partial charge in [0.05, 0.1) is 0 Å². The second-order valence-corrected chi connectivity index (χ2v) is 4.03. The molecule has 2 aliphatic carbocycles. The van der Waals surface area contributed by atoms with E-state index in [1.807, 2.05) is 13.8 Å². The zero-order valence-corrected chi connectivity index (χ0v) is 9.25. The van der Waals surface area contributed by atoms with E-state index >= 15 is 0 Å². The van der Waals surface area contributed by atoms with Crippen LogP contribution >= 0.6 is 0 Å². The van der Waals surface area contributed by atoms with E-state index in [0.717, 1.165) is 11.8 Å². The summed E-state index contributed by atoms with van der Waals surface area (Å²) in [5.74, 6) is 1.75. The van der Waals surface area contributed by atoms with Gasteiger partial charge in [-0.05, 0) is 35.6 Å². The molecular formula is C14H18. The van der Waals surface area contributed by atoms with Crippen molar-refractivity contribution in [3.63, 3.8) is 0 Å². The van der Waals surface area contributed by atoms with Gasteiger partial charge in [0.1, 0.15) is 0 Å². The Morgan fingerprint density at radius 1 is 1.00 bits per heavy atom. The number of aryl methyl sites for hydroxylation is 1. The van der Waals surface area contributed by atoms with Gasteiger partial charge in [-0.3, -0.25) is 0 Å². The van der Waals surface area contributed by atoms with Crippen LogP contribution < -0.4 is 10.4 Å². The highest BCUT2D eigenvalue weighted by Crippen LogP contribution is 2.41. The molecule has 0 aromatic heterocycles. The summed E-state index contributed by atoms with van der Waals surface area (Å²) in [6.45, 7) is 6.16. The van der Waals surface area contributed by atoms with E-state index in [9.17, 15) is 0 Å². The molecule has 14 heavy (non-hydrogen) atoms. The predicted octanol–water partition coefficient (Wildman–Crippen LogP) is 2.23. The highest BCUT2D eigenvalue weighted by Gasteiger charge is 2.34. The fraction of sp³-hybridized carbons (Fsp3) is 0.429. The molecule has 0 radical (unpaired) electrons. The lowest BCUT2D eigenvalue weighted by atomic mass is 10.1. The molecule has 0 heterocycles. The van der Waals surface area contributed by atoms with Gasteiger partial charge in [0.25, 0.3) is 0 Å². The van der Waals surface area contributed by atoms with Crippen LogP contribution in [-0.4, -0.2) is 0 Å². The standard InChI is InChI=1S/C12H12.C2H6/c1-8-2-3-9-5-11-7-12(11)6-10(9)4-8;1-2/h2-6,11-12H,7H2,1H3;1-2H3. The Morgan fingerprint density at radius 3 is 2.36 bits per heavy atom. The van der Waals surface area contributed by atoms with Gasteiger partial charge in [0.15, 0.2) is 0 Å². The Morgan fingerprint density at radius 2 is 1.64 bits per heavy atom. The summed E-state index contributed by atoms with van der Waals surface area (Å²) in [5, 5.41) is 2.90. The van der Waals surface area contributed by atoms with Crippen LogP contribution in [0.2, 0.25) is 0 Å². The third-order valence-corrected chi connectivity index (χ3v) is 2.92. The van der Waals surface area contributed by atoms with Gasteiger partial charge in [-0.2, -0.15) is 0 Å². The Hall–Kier alpha value is -1.04. The summed E-state index contributed by atoms with van der Waals surface area (Å²) in [7, 11) is 0. The average molecular weight is 186 g/mol. The normalized spacial score (nSPS) is 25.6. The maximum atomic E-state index is 2.44. The molecule has 1 fully saturated rings. The first kappa shape index (κ1) is 9.51. The molecule has 2 atom stereocenters. The second kappa shape index (κ2) is 3.61. The van der Waals surface area contributed by atoms with Crippen molar-refractivity contribution < 1.29 is 0 Å². The maximum Gasteiger partial charge on any atom is -0.0155 e. The van der Waals surface area contributed by atoms with Crippen molar-refractivity contribution in [2.75, 3.05) is 0 Å². The first-order chi connectivity index (χ1) is 6.83. The zero-order valence-electron chi connectivity index (χ0n) is 9.25. The van der Waals surface area contributed by atoms with Gasteiger partial charge in [-0.25, -0.2) is 0 Å². The van der Waals surface area contributed by atoms with Gasteiger partial charge in [0, 0.05) is 0 Å². The van der Waals surface area contributed by atoms with E-state index in [2.05, 4.69) is 37.3 Å². The van der Waals surface area contributed by atoms with E-state index < -0.39 is 0 Å². The fourth-order valence-electron chi connectivity index (χ4n) is 2.07. The molecule has 1 aromatic rings. The minimum Gasteiger partial charge on any atom is -0.0729 e. The van der Waals surface area contributed by atoms with Gasteiger partial charge in [0.2, 0.25) is 0 Å². The van der Waals surface area contributed by atoms with Crippen molar-refractivity contribution in [1.29, 1.82) is 0 Å². The van der Waals surface area contributed by atoms with Crippen LogP contribution in [0.25, 0.3) is 12.2 Å². The molecule has 0 saturated heterocycles. The van der Waals surface area contributed by atoms with Crippen molar-refractivity contribution in [1.82, 2.24) is 0 Å². The van der Waals surface area contributed by atoms with Crippen LogP contribution in [0.1, 0.15) is 25.8 Å². The van der Waals surface area contributed by atoms with Gasteiger partial charge in [-0.1, -0.05) is 49.8 Å². The summed E-state index contributed by atoms with van der Waals surface area (Å²) in [4.78, 5) is 0. The fourth-order valence-corrected chi connectivity index (χ4v) is 2.07. The molecule has 2 aliphatic rings. The lowest BCUT2D eigenvalue weighted by molar-refractivity contribution is 1.06. The first-order valence-corrected chi connectivity index (χ1v) is 5.63. The van der Waals surface area contributed by atoms with Crippen molar-refractivity contribution in [2.24, 2.45) is 11.8 Å². The molecule has 0 heteroatoms. The summed E-state index contributed by atoms with van der Waals surface area (Å²) in [5.41, 5.74) is 1.37. The van der Waals surface area contributed by atoms with E-state index in [-0.39, 0.29) is 0 Å². The molecule has 1 aromatic carbocycles. The minimum absolute atomic E-state index is 0.874. The molecule has 0 spiro atoms. The monoisotopic (exact) mass is 186 g/mol. The third-order valence-electron chi connectivity index (χ3n) is 2.92. The minimum atomic E-state index is 0.874. The predicted molar refractivity (Wildman–Crippen MR) is 62.3 cm³/mol. The topological polar surface area (TPSA) is 0 Å². The second-order valence-electron chi connectivity index (χ2n) is 4.03. The molecule has 0 bridgehead atoms. The highest BCUT2D eigenvalue weighted by molar-refractivity contribution is 5.49. The Balaban J connectivity index is 0.000000354. The molecule has 0 N–H and O–H groups in total. The Bertz CT molecular complexity index is 440. The number of hydrogen-bond acceptors (Lipinski definition) is 0. The van der Waals surface area contributed by atoms with E-state index in [4.69, 9.17) is 0 Å². The largest absolute Gasteiger partial charge is 0.0729 e. The number of fused-ring (bicyclic) bond motifs is 2. The van der Waals surface area contributed by atoms with Crippen LogP contribution in [0.3, 0.4) is 0 Å². The Labute approximate surface area is 86.0 Å². The van der Waals surface area contributed by atoms with Crippen LogP contribution in [0.15, 0.2) is 18.2 Å². The SMILES string of the molecule is CC.Cc1ccc2c(c1)=CC1CC1C=2. The average Bonchev–Trinajstić information content (AvgIpc) is 2.95. The van der Waals surface area contributed by atoms with Crippen molar-refractivity contribution in [3.05, 3.63) is 34.2 Å². The van der Waals surface area contributed by atoms with Crippen molar-refractivity contribution >= 4 is 12.2 Å². The lowest BCUT2D eigenvalue weighted by Gasteiger charge is -1.99. The summed E-state index contributed by atoms with van der Waals surface area (Å²) in [6, 6.07) is 6.74. The molecule has 0 amide bonds. The van der Waals surface area contributed by atoms with Crippen molar-refractivity contribution in [2.45, 2.75) is 27.2 Å². The molecular weight excluding hydrogens is 168 g/mol. The first-order valence-electron chi connectivity index (χ1n) is 5.63. The molecule has 0 aliphatic heterocycles. The van der Waals surface area contributed by atoms with Gasteiger partial charge in [-0.15, -0.1) is 0 Å². The third kappa shape index (κ3) is 1.61. The molecule has 1 saturated carbocycles. The summed E-state index contributed by atoms with van der Waals surface area (Å²) in [6.07, 6.45) is 6.25. The van der Waals surface area contributed by atoms with E-state index in [1.54, 1.807) is 0 Å². The van der Waals surface area contributed by atoms with E-state index in [1.165, 1.54) is 22.4 Å². The summed E-state index contributed by atoms with van der Waals surface area (Å²) < 4.78 is 0.